The predicted molar refractivity (Wildman–Crippen MR) is 107 cm³/mol. The average molecular weight is 380 g/mol. The molecule has 6 heteroatoms. The number of nitrogens with zero attached hydrogens (tertiary/aromatic N) is 1. The number of hydrogen-bond donors (Lipinski definition) is 1. The van der Waals surface area contributed by atoms with Crippen LogP contribution < -0.4 is 5.32 Å². The molecule has 146 valence electrons. The van der Waals surface area contributed by atoms with Gasteiger partial charge in [-0.2, -0.15) is 0 Å². The maximum atomic E-state index is 12.5. The predicted octanol–water partition coefficient (Wildman–Crippen LogP) is 3.97. The number of hydrogen-bond acceptors (Lipinski definition) is 4. The van der Waals surface area contributed by atoms with Crippen LogP contribution in [0.25, 0.3) is 11.1 Å². The van der Waals surface area contributed by atoms with Crippen LogP contribution >= 0.6 is 0 Å². The molecule has 0 bridgehead atoms. The molecule has 0 saturated carbocycles. The van der Waals surface area contributed by atoms with Gasteiger partial charge < -0.3 is 15.0 Å². The van der Waals surface area contributed by atoms with Crippen molar-refractivity contribution < 1.29 is 19.1 Å². The summed E-state index contributed by atoms with van der Waals surface area (Å²) in [4.78, 5) is 37.1. The van der Waals surface area contributed by atoms with Gasteiger partial charge in [0.1, 0.15) is 0 Å². The number of nitrogens with one attached hydrogen (secondary N) is 1. The number of likely N-dealkylation sites (tertiary alicyclic amines) is 1. The summed E-state index contributed by atoms with van der Waals surface area (Å²) < 4.78 is 4.69. The van der Waals surface area contributed by atoms with Crippen LogP contribution in [-0.2, 0) is 9.53 Å². The minimum atomic E-state index is -0.239. The van der Waals surface area contributed by atoms with Crippen molar-refractivity contribution in [3.8, 4) is 11.1 Å². The molecule has 0 radical (unpaired) electrons. The van der Waals surface area contributed by atoms with Gasteiger partial charge >= 0.3 is 12.0 Å². The molecule has 1 heterocycles. The number of Topliss-reactive ketones (excluding diaryl/α,β-unsaturated/α-hetero) is 1. The molecule has 0 spiro atoms. The summed E-state index contributed by atoms with van der Waals surface area (Å²) in [5, 5.41) is 2.90. The Morgan fingerprint density at radius 1 is 1.11 bits per heavy atom. The molecular formula is C22H24N2O4. The van der Waals surface area contributed by atoms with Crippen LogP contribution in [0.2, 0.25) is 0 Å². The maximum Gasteiger partial charge on any atom is 0.321 e. The third-order valence-electron chi connectivity index (χ3n) is 4.99. The van der Waals surface area contributed by atoms with Gasteiger partial charge in [0.05, 0.1) is 13.5 Å². The molecule has 1 fully saturated rings. The first-order chi connectivity index (χ1) is 13.5. The summed E-state index contributed by atoms with van der Waals surface area (Å²) in [6.45, 7) is 2.73. The van der Waals surface area contributed by atoms with Gasteiger partial charge in [0.15, 0.2) is 5.78 Å². The lowest BCUT2D eigenvalue weighted by atomic mass is 10.0. The number of urea groups is 1. The first-order valence-corrected chi connectivity index (χ1v) is 9.30. The monoisotopic (exact) mass is 380 g/mol. The van der Waals surface area contributed by atoms with E-state index in [4.69, 9.17) is 4.74 Å². The Labute approximate surface area is 164 Å². The normalized spacial score (nSPS) is 15.9. The lowest BCUT2D eigenvalue weighted by molar-refractivity contribution is -0.141. The fourth-order valence-corrected chi connectivity index (χ4v) is 3.37. The summed E-state index contributed by atoms with van der Waals surface area (Å²) in [6.07, 6.45) is 1.14. The topological polar surface area (TPSA) is 75.7 Å². The Balaban J connectivity index is 1.60. The molecular weight excluding hydrogens is 356 g/mol. The van der Waals surface area contributed by atoms with Crippen LogP contribution in [0, 0.1) is 5.92 Å². The first kappa shape index (κ1) is 19.6. The highest BCUT2D eigenvalue weighted by Crippen LogP contribution is 2.24. The van der Waals surface area contributed by atoms with Crippen LogP contribution in [-0.4, -0.2) is 42.9 Å². The van der Waals surface area contributed by atoms with E-state index in [1.807, 2.05) is 42.5 Å². The van der Waals surface area contributed by atoms with Crippen molar-refractivity contribution in [1.82, 2.24) is 4.90 Å². The Morgan fingerprint density at radius 2 is 1.86 bits per heavy atom. The number of methoxy groups -OCH3 is 1. The highest BCUT2D eigenvalue weighted by molar-refractivity contribution is 5.95. The van der Waals surface area contributed by atoms with Crippen molar-refractivity contribution in [2.24, 2.45) is 5.92 Å². The van der Waals surface area contributed by atoms with E-state index in [0.717, 1.165) is 17.5 Å². The van der Waals surface area contributed by atoms with Crippen molar-refractivity contribution in [3.05, 3.63) is 54.1 Å². The number of rotatable bonds is 5. The van der Waals surface area contributed by atoms with E-state index in [1.165, 1.54) is 7.11 Å². The second-order valence-corrected chi connectivity index (χ2v) is 7.03. The zero-order valence-corrected chi connectivity index (χ0v) is 16.1. The van der Waals surface area contributed by atoms with Gasteiger partial charge in [0.2, 0.25) is 0 Å². The molecule has 1 aliphatic rings. The summed E-state index contributed by atoms with van der Waals surface area (Å²) in [7, 11) is 1.38. The Morgan fingerprint density at radius 3 is 2.54 bits per heavy atom. The highest BCUT2D eigenvalue weighted by Gasteiger charge is 2.28. The van der Waals surface area contributed by atoms with E-state index in [9.17, 15) is 14.4 Å². The fourth-order valence-electron chi connectivity index (χ4n) is 3.37. The van der Waals surface area contributed by atoms with Crippen molar-refractivity contribution in [2.75, 3.05) is 25.5 Å². The SMILES string of the molecule is COC(=O)C[C@@H]1CCN(C(=O)Nc2ccc(-c3cccc(C(C)=O)c3)cc2)C1. The van der Waals surface area contributed by atoms with Crippen LogP contribution in [0.15, 0.2) is 48.5 Å². The smallest absolute Gasteiger partial charge is 0.321 e. The third kappa shape index (κ3) is 4.76. The number of carbonyl (C=O) groups excluding carboxylic acids is 3. The van der Waals surface area contributed by atoms with Crippen molar-refractivity contribution >= 4 is 23.5 Å². The molecule has 1 atom stereocenters. The van der Waals surface area contributed by atoms with E-state index in [0.29, 0.717) is 30.8 Å². The molecule has 1 N–H and O–H groups in total. The van der Waals surface area contributed by atoms with E-state index < -0.39 is 0 Å². The minimum absolute atomic E-state index is 0.0295. The maximum absolute atomic E-state index is 12.5. The van der Waals surface area contributed by atoms with Crippen LogP contribution in [0.5, 0.6) is 0 Å². The Hall–Kier alpha value is -3.15. The van der Waals surface area contributed by atoms with Gasteiger partial charge in [-0.15, -0.1) is 0 Å². The number of ketones is 1. The Kier molecular flexibility index (Phi) is 6.09. The summed E-state index contributed by atoms with van der Waals surface area (Å²) in [5.74, 6) is -0.0623. The molecule has 1 aliphatic heterocycles. The molecule has 0 aromatic heterocycles. The van der Waals surface area contributed by atoms with Crippen LogP contribution in [0.3, 0.4) is 0 Å². The van der Waals surface area contributed by atoms with Crippen molar-refractivity contribution in [1.29, 1.82) is 0 Å². The number of ether oxygens (including phenoxy) is 1. The summed E-state index contributed by atoms with van der Waals surface area (Å²) in [5.41, 5.74) is 3.30. The molecule has 2 aromatic carbocycles. The molecule has 0 aliphatic carbocycles. The number of esters is 1. The zero-order valence-electron chi connectivity index (χ0n) is 16.1. The number of amides is 2. The lowest BCUT2D eigenvalue weighted by Gasteiger charge is -2.17. The number of anilines is 1. The molecule has 0 unspecified atom stereocenters. The second kappa shape index (κ2) is 8.69. The molecule has 2 amide bonds. The van der Waals surface area contributed by atoms with E-state index in [1.54, 1.807) is 17.9 Å². The van der Waals surface area contributed by atoms with E-state index in [2.05, 4.69) is 5.32 Å². The fraction of sp³-hybridized carbons (Fsp3) is 0.318. The van der Waals surface area contributed by atoms with Crippen molar-refractivity contribution in [2.45, 2.75) is 19.8 Å². The van der Waals surface area contributed by atoms with Gasteiger partial charge in [-0.05, 0) is 48.6 Å². The van der Waals surface area contributed by atoms with Crippen LogP contribution in [0.4, 0.5) is 10.5 Å². The van der Waals surface area contributed by atoms with E-state index >= 15 is 0 Å². The number of carbonyl (C=O) groups is 3. The number of benzene rings is 2. The Bertz CT molecular complexity index is 876. The molecule has 28 heavy (non-hydrogen) atoms. The summed E-state index contributed by atoms with van der Waals surface area (Å²) >= 11 is 0. The van der Waals surface area contributed by atoms with Gasteiger partial charge in [0.25, 0.3) is 0 Å². The van der Waals surface area contributed by atoms with Gasteiger partial charge in [-0.3, -0.25) is 9.59 Å². The molecule has 2 aromatic rings. The van der Waals surface area contributed by atoms with Crippen LogP contribution in [0.1, 0.15) is 30.1 Å². The van der Waals surface area contributed by atoms with Gasteiger partial charge in [-0.1, -0.05) is 30.3 Å². The molecule has 1 saturated heterocycles. The standard InChI is InChI=1S/C22H24N2O4/c1-15(25)18-4-3-5-19(13-18)17-6-8-20(9-7-17)23-22(27)24-11-10-16(14-24)12-21(26)28-2/h3-9,13,16H,10-12,14H2,1-2H3,(H,23,27)/t16-/m0/s1. The summed E-state index contributed by atoms with van der Waals surface area (Å²) in [6, 6.07) is 14.8. The third-order valence-corrected chi connectivity index (χ3v) is 4.99. The zero-order chi connectivity index (χ0) is 20.1. The second-order valence-electron chi connectivity index (χ2n) is 7.03. The first-order valence-electron chi connectivity index (χ1n) is 9.30. The quantitative estimate of drug-likeness (QED) is 0.629. The molecule has 6 nitrogen and oxygen atoms in total. The molecule has 3 rings (SSSR count). The van der Waals surface area contributed by atoms with Gasteiger partial charge in [0, 0.05) is 24.3 Å². The lowest BCUT2D eigenvalue weighted by Crippen LogP contribution is -2.33. The average Bonchev–Trinajstić information content (AvgIpc) is 3.17. The van der Waals surface area contributed by atoms with Crippen molar-refractivity contribution in [3.63, 3.8) is 0 Å². The largest absolute Gasteiger partial charge is 0.469 e. The minimum Gasteiger partial charge on any atom is -0.469 e. The van der Waals surface area contributed by atoms with E-state index in [-0.39, 0.29) is 23.7 Å². The highest BCUT2D eigenvalue weighted by atomic mass is 16.5. The van der Waals surface area contributed by atoms with Gasteiger partial charge in [-0.25, -0.2) is 4.79 Å².